The van der Waals surface area contributed by atoms with Gasteiger partial charge in [0.1, 0.15) is 5.69 Å². The van der Waals surface area contributed by atoms with Crippen molar-refractivity contribution in [2.24, 2.45) is 0 Å². The summed E-state index contributed by atoms with van der Waals surface area (Å²) in [6.45, 7) is 2.42. The monoisotopic (exact) mass is 363 g/mol. The van der Waals surface area contributed by atoms with E-state index in [9.17, 15) is 8.42 Å². The van der Waals surface area contributed by atoms with Crippen LogP contribution in [0, 0.1) is 6.92 Å². The Morgan fingerprint density at radius 3 is 2.75 bits per heavy atom. The summed E-state index contributed by atoms with van der Waals surface area (Å²) in [5.74, 6) is 0.466. The van der Waals surface area contributed by atoms with Crippen LogP contribution in [0.5, 0.6) is 0 Å². The Hall–Kier alpha value is -1.90. The average Bonchev–Trinajstić information content (AvgIpc) is 3.00. The number of thiophene rings is 1. The van der Waals surface area contributed by atoms with Crippen molar-refractivity contribution in [2.75, 3.05) is 0 Å². The summed E-state index contributed by atoms with van der Waals surface area (Å²) in [7, 11) is -3.66. The van der Waals surface area contributed by atoms with Gasteiger partial charge in [0, 0.05) is 28.5 Å². The average molecular weight is 363 g/mol. The van der Waals surface area contributed by atoms with Crippen molar-refractivity contribution >= 4 is 21.4 Å². The highest BCUT2D eigenvalue weighted by atomic mass is 32.2. The molecule has 1 saturated carbocycles. The third kappa shape index (κ3) is 2.92. The van der Waals surface area contributed by atoms with Gasteiger partial charge in [-0.05, 0) is 50.1 Å². The molecule has 0 amide bonds. The Morgan fingerprint density at radius 1 is 1.29 bits per heavy atom. The molecular weight excluding hydrogens is 346 g/mol. The second kappa shape index (κ2) is 5.87. The highest BCUT2D eigenvalue weighted by Gasteiger charge is 2.40. The second-order valence-corrected chi connectivity index (χ2v) is 9.08. The molecule has 8 heteroatoms. The molecule has 126 valence electrons. The Kier molecular flexibility index (Phi) is 3.82. The van der Waals surface area contributed by atoms with E-state index in [0.29, 0.717) is 18.0 Å². The molecule has 1 N–H and O–H groups in total. The zero-order valence-electron chi connectivity index (χ0n) is 13.1. The molecule has 0 spiro atoms. The highest BCUT2D eigenvalue weighted by molar-refractivity contribution is 7.89. The summed E-state index contributed by atoms with van der Waals surface area (Å²) in [6.07, 6.45) is 3.40. The Morgan fingerprint density at radius 2 is 2.12 bits per heavy atom. The first-order valence-electron chi connectivity index (χ1n) is 7.71. The third-order valence-electron chi connectivity index (χ3n) is 3.97. The minimum Gasteiger partial charge on any atom is -0.442 e. The maximum Gasteiger partial charge on any atom is 0.277 e. The minimum absolute atomic E-state index is 0.0210. The van der Waals surface area contributed by atoms with Crippen LogP contribution in [0.2, 0.25) is 0 Å². The van der Waals surface area contributed by atoms with Gasteiger partial charge >= 0.3 is 0 Å². The van der Waals surface area contributed by atoms with Crippen LogP contribution in [0.3, 0.4) is 0 Å². The van der Waals surface area contributed by atoms with Gasteiger partial charge in [0.2, 0.25) is 5.09 Å². The second-order valence-electron chi connectivity index (χ2n) is 5.88. The summed E-state index contributed by atoms with van der Waals surface area (Å²) in [6, 6.07) is 8.98. The van der Waals surface area contributed by atoms with E-state index in [4.69, 9.17) is 4.42 Å². The molecule has 0 unspecified atom stereocenters. The number of aromatic nitrogens is 2. The topological polar surface area (TPSA) is 79.2 Å². The predicted octanol–water partition coefficient (Wildman–Crippen LogP) is 3.39. The van der Waals surface area contributed by atoms with Gasteiger partial charge in [-0.25, -0.2) is 8.42 Å². The van der Waals surface area contributed by atoms with Crippen LogP contribution in [0.4, 0.5) is 0 Å². The molecule has 4 rings (SSSR count). The summed E-state index contributed by atoms with van der Waals surface area (Å²) < 4.78 is 33.2. The van der Waals surface area contributed by atoms with Crippen molar-refractivity contribution in [3.63, 3.8) is 0 Å². The molecule has 3 heterocycles. The summed E-state index contributed by atoms with van der Waals surface area (Å²) in [4.78, 5) is 2.22. The molecule has 6 nitrogen and oxygen atoms in total. The molecule has 1 fully saturated rings. The van der Waals surface area contributed by atoms with Crippen molar-refractivity contribution in [1.29, 1.82) is 0 Å². The van der Waals surface area contributed by atoms with Gasteiger partial charge in [-0.15, -0.1) is 11.3 Å². The van der Waals surface area contributed by atoms with Crippen LogP contribution in [0.15, 0.2) is 46.0 Å². The van der Waals surface area contributed by atoms with Crippen LogP contribution in [0.1, 0.15) is 22.6 Å². The van der Waals surface area contributed by atoms with E-state index >= 15 is 0 Å². The number of sulfonamides is 1. The zero-order valence-corrected chi connectivity index (χ0v) is 14.7. The van der Waals surface area contributed by atoms with Gasteiger partial charge < -0.3 is 4.42 Å². The van der Waals surface area contributed by atoms with Crippen molar-refractivity contribution in [3.8, 4) is 11.5 Å². The first kappa shape index (κ1) is 15.6. The quantitative estimate of drug-likeness (QED) is 0.728. The summed E-state index contributed by atoms with van der Waals surface area (Å²) in [5.41, 5.74) is 0.656. The number of hydrogen-bond acceptors (Lipinski definition) is 5. The number of nitrogens with zero attached hydrogens (tertiary/aromatic N) is 2. The van der Waals surface area contributed by atoms with Gasteiger partial charge in [-0.3, -0.25) is 5.10 Å². The molecular formula is C16H17N3O3S2. The molecule has 0 aromatic carbocycles. The first-order valence-corrected chi connectivity index (χ1v) is 9.96. The Balaban J connectivity index is 1.64. The number of rotatable bonds is 6. The van der Waals surface area contributed by atoms with E-state index < -0.39 is 10.0 Å². The van der Waals surface area contributed by atoms with Crippen LogP contribution in [0.25, 0.3) is 11.5 Å². The summed E-state index contributed by atoms with van der Waals surface area (Å²) in [5, 5.41) is 6.61. The van der Waals surface area contributed by atoms with E-state index in [1.54, 1.807) is 34.0 Å². The van der Waals surface area contributed by atoms with E-state index in [1.807, 2.05) is 19.1 Å². The van der Waals surface area contributed by atoms with Gasteiger partial charge in [-0.1, -0.05) is 0 Å². The standard InChI is InChI=1S/C16H17N3O3S2/c1-11-2-5-13(23-11)10-19(12-3-4-12)24(20,21)16-7-6-15(22-16)14-8-9-17-18-14/h2,5-9,12H,3-4,10H2,1H3,(H,17,18). The molecule has 3 aromatic heterocycles. The van der Waals surface area contributed by atoms with E-state index in [-0.39, 0.29) is 11.1 Å². The predicted molar refractivity (Wildman–Crippen MR) is 91.1 cm³/mol. The largest absolute Gasteiger partial charge is 0.442 e. The number of aromatic amines is 1. The van der Waals surface area contributed by atoms with Gasteiger partial charge in [0.25, 0.3) is 10.0 Å². The van der Waals surface area contributed by atoms with Gasteiger partial charge in [0.05, 0.1) is 0 Å². The van der Waals surface area contributed by atoms with Crippen molar-refractivity contribution in [1.82, 2.24) is 14.5 Å². The lowest BCUT2D eigenvalue weighted by Gasteiger charge is -2.19. The molecule has 0 radical (unpaired) electrons. The molecule has 0 saturated heterocycles. The molecule has 3 aromatic rings. The molecule has 1 aliphatic rings. The van der Waals surface area contributed by atoms with Gasteiger partial charge in [-0.2, -0.15) is 9.40 Å². The lowest BCUT2D eigenvalue weighted by molar-refractivity contribution is 0.373. The fourth-order valence-corrected chi connectivity index (χ4v) is 5.16. The highest BCUT2D eigenvalue weighted by Crippen LogP contribution is 2.35. The van der Waals surface area contributed by atoms with E-state index in [0.717, 1.165) is 17.7 Å². The SMILES string of the molecule is Cc1ccc(CN(C2CC2)S(=O)(=O)c2ccc(-c3ccn[nH]3)o2)s1. The normalized spacial score (nSPS) is 15.2. The van der Waals surface area contributed by atoms with Crippen molar-refractivity contribution in [3.05, 3.63) is 46.3 Å². The minimum atomic E-state index is -3.66. The van der Waals surface area contributed by atoms with Crippen LogP contribution >= 0.6 is 11.3 Å². The van der Waals surface area contributed by atoms with E-state index in [2.05, 4.69) is 10.2 Å². The number of hydrogen-bond donors (Lipinski definition) is 1. The molecule has 0 aliphatic heterocycles. The lowest BCUT2D eigenvalue weighted by atomic mass is 10.3. The molecule has 24 heavy (non-hydrogen) atoms. The Labute approximate surface area is 144 Å². The number of H-pyrrole nitrogens is 1. The zero-order chi connectivity index (χ0) is 16.7. The van der Waals surface area contributed by atoms with Crippen LogP contribution < -0.4 is 0 Å². The Bertz CT molecular complexity index is 937. The lowest BCUT2D eigenvalue weighted by Crippen LogP contribution is -2.32. The van der Waals surface area contributed by atoms with Crippen molar-refractivity contribution in [2.45, 2.75) is 37.4 Å². The van der Waals surface area contributed by atoms with Crippen LogP contribution in [-0.4, -0.2) is 29.0 Å². The fraction of sp³-hybridized carbons (Fsp3) is 0.312. The third-order valence-corrected chi connectivity index (χ3v) is 6.73. The number of furan rings is 1. The molecule has 0 bridgehead atoms. The number of aryl methyl sites for hydroxylation is 1. The maximum atomic E-state index is 13.0. The van der Waals surface area contributed by atoms with Gasteiger partial charge in [0.15, 0.2) is 5.76 Å². The molecule has 0 atom stereocenters. The maximum absolute atomic E-state index is 13.0. The van der Waals surface area contributed by atoms with E-state index in [1.165, 1.54) is 10.9 Å². The van der Waals surface area contributed by atoms with Crippen LogP contribution in [-0.2, 0) is 16.6 Å². The first-order chi connectivity index (χ1) is 11.5. The summed E-state index contributed by atoms with van der Waals surface area (Å²) >= 11 is 1.63. The fourth-order valence-electron chi connectivity index (χ4n) is 2.61. The number of nitrogens with one attached hydrogen (secondary N) is 1. The smallest absolute Gasteiger partial charge is 0.277 e. The molecule has 1 aliphatic carbocycles. The van der Waals surface area contributed by atoms with Crippen molar-refractivity contribution < 1.29 is 12.8 Å².